The molecule has 1 saturated heterocycles. The van der Waals surface area contributed by atoms with Gasteiger partial charge in [-0.15, -0.1) is 0 Å². The molecule has 1 aliphatic heterocycles. The number of pyridine rings is 1. The second-order valence-electron chi connectivity index (χ2n) is 5.17. The van der Waals surface area contributed by atoms with Crippen molar-refractivity contribution in [1.29, 1.82) is 0 Å². The zero-order valence-electron chi connectivity index (χ0n) is 12.2. The first-order valence-electron chi connectivity index (χ1n) is 7.29. The molecule has 5 heteroatoms. The van der Waals surface area contributed by atoms with Crippen molar-refractivity contribution < 1.29 is 9.53 Å². The average Bonchev–Trinajstić information content (AvgIpc) is 2.49. The number of ether oxygens (including phenoxy) is 1. The molecular formula is C15H23N3O2. The third-order valence-corrected chi connectivity index (χ3v) is 3.71. The molecule has 110 valence electrons. The zero-order valence-corrected chi connectivity index (χ0v) is 12.2. The molecule has 2 rings (SSSR count). The van der Waals surface area contributed by atoms with Gasteiger partial charge in [-0.1, -0.05) is 0 Å². The number of carbonyl (C=O) groups is 1. The van der Waals surface area contributed by atoms with Crippen molar-refractivity contribution in [3.63, 3.8) is 0 Å². The van der Waals surface area contributed by atoms with Crippen molar-refractivity contribution in [1.82, 2.24) is 10.3 Å². The molecule has 2 N–H and O–H groups in total. The maximum absolute atomic E-state index is 12.1. The highest BCUT2D eigenvalue weighted by Crippen LogP contribution is 2.18. The molecule has 1 aromatic rings. The van der Waals surface area contributed by atoms with E-state index in [0.717, 1.165) is 38.3 Å². The molecule has 1 aliphatic rings. The minimum Gasteiger partial charge on any atom is -0.384 e. The van der Waals surface area contributed by atoms with E-state index in [1.807, 2.05) is 13.0 Å². The lowest BCUT2D eigenvalue weighted by Gasteiger charge is -2.28. The van der Waals surface area contributed by atoms with Crippen LogP contribution in [-0.4, -0.2) is 36.7 Å². The lowest BCUT2D eigenvalue weighted by atomic mass is 9.93. The summed E-state index contributed by atoms with van der Waals surface area (Å²) in [4.78, 5) is 16.3. The van der Waals surface area contributed by atoms with Gasteiger partial charge in [-0.3, -0.25) is 4.79 Å². The summed E-state index contributed by atoms with van der Waals surface area (Å²) in [5, 5.41) is 6.20. The van der Waals surface area contributed by atoms with Gasteiger partial charge >= 0.3 is 0 Å². The monoisotopic (exact) mass is 277 g/mol. The van der Waals surface area contributed by atoms with Crippen LogP contribution in [0.1, 0.15) is 37.2 Å². The van der Waals surface area contributed by atoms with Crippen LogP contribution in [-0.2, 0) is 4.74 Å². The third-order valence-electron chi connectivity index (χ3n) is 3.71. The van der Waals surface area contributed by atoms with Crippen molar-refractivity contribution in [2.45, 2.75) is 32.7 Å². The van der Waals surface area contributed by atoms with Crippen LogP contribution in [0.4, 0.5) is 5.69 Å². The van der Waals surface area contributed by atoms with Crippen molar-refractivity contribution in [3.05, 3.63) is 24.0 Å². The van der Waals surface area contributed by atoms with Crippen molar-refractivity contribution in [2.75, 3.05) is 25.1 Å². The number of nitrogens with one attached hydrogen (secondary N) is 2. The predicted molar refractivity (Wildman–Crippen MR) is 78.9 cm³/mol. The fraction of sp³-hybridized carbons (Fsp3) is 0.600. The van der Waals surface area contributed by atoms with Crippen molar-refractivity contribution in [3.8, 4) is 0 Å². The highest BCUT2D eigenvalue weighted by molar-refractivity contribution is 5.92. The zero-order chi connectivity index (χ0) is 14.4. The molecular weight excluding hydrogens is 254 g/mol. The van der Waals surface area contributed by atoms with E-state index in [1.165, 1.54) is 0 Å². The minimum atomic E-state index is -0.105. The number of amides is 1. The molecule has 1 aromatic heterocycles. The molecule has 2 heterocycles. The van der Waals surface area contributed by atoms with Gasteiger partial charge in [-0.05, 0) is 44.7 Å². The summed E-state index contributed by atoms with van der Waals surface area (Å²) in [6, 6.07) is 3.79. The van der Waals surface area contributed by atoms with Gasteiger partial charge in [0.2, 0.25) is 0 Å². The summed E-state index contributed by atoms with van der Waals surface area (Å²) in [5.74, 6) is 0.390. The molecule has 0 spiro atoms. The molecule has 1 amide bonds. The lowest BCUT2D eigenvalue weighted by molar-refractivity contribution is 0.0537. The molecule has 0 aromatic carbocycles. The van der Waals surface area contributed by atoms with Gasteiger partial charge in [-0.25, -0.2) is 4.98 Å². The molecule has 0 radical (unpaired) electrons. The summed E-state index contributed by atoms with van der Waals surface area (Å²) in [7, 11) is 0. The topological polar surface area (TPSA) is 63.2 Å². The maximum atomic E-state index is 12.1. The molecule has 20 heavy (non-hydrogen) atoms. The van der Waals surface area contributed by atoms with E-state index in [0.29, 0.717) is 11.6 Å². The Morgan fingerprint density at radius 2 is 2.20 bits per heavy atom. The minimum absolute atomic E-state index is 0.105. The second-order valence-corrected chi connectivity index (χ2v) is 5.17. The van der Waals surface area contributed by atoms with E-state index < -0.39 is 0 Å². The quantitative estimate of drug-likeness (QED) is 0.864. The van der Waals surface area contributed by atoms with E-state index in [9.17, 15) is 4.79 Å². The number of aromatic nitrogens is 1. The van der Waals surface area contributed by atoms with E-state index >= 15 is 0 Å². The van der Waals surface area contributed by atoms with E-state index in [-0.39, 0.29) is 11.9 Å². The van der Waals surface area contributed by atoms with Gasteiger partial charge in [0.15, 0.2) is 0 Å². The Morgan fingerprint density at radius 1 is 1.45 bits per heavy atom. The molecule has 1 atom stereocenters. The van der Waals surface area contributed by atoms with Crippen molar-refractivity contribution >= 4 is 11.6 Å². The summed E-state index contributed by atoms with van der Waals surface area (Å²) >= 11 is 0. The summed E-state index contributed by atoms with van der Waals surface area (Å²) in [5.41, 5.74) is 1.40. The normalized spacial score (nSPS) is 17.5. The Balaban J connectivity index is 1.89. The van der Waals surface area contributed by atoms with Crippen LogP contribution < -0.4 is 10.6 Å². The number of hydrogen-bond donors (Lipinski definition) is 2. The summed E-state index contributed by atoms with van der Waals surface area (Å²) in [6.07, 6.45) is 3.71. The van der Waals surface area contributed by atoms with Crippen LogP contribution in [0.25, 0.3) is 0 Å². The van der Waals surface area contributed by atoms with Gasteiger partial charge in [0.25, 0.3) is 5.91 Å². The fourth-order valence-corrected chi connectivity index (χ4v) is 2.45. The number of hydrogen-bond acceptors (Lipinski definition) is 4. The van der Waals surface area contributed by atoms with Gasteiger partial charge in [0.05, 0.1) is 11.9 Å². The smallest absolute Gasteiger partial charge is 0.270 e. The molecule has 0 saturated carbocycles. The Labute approximate surface area is 120 Å². The van der Waals surface area contributed by atoms with Crippen LogP contribution in [0, 0.1) is 5.92 Å². The number of nitrogens with zero attached hydrogens (tertiary/aromatic N) is 1. The van der Waals surface area contributed by atoms with Crippen LogP contribution in [0.15, 0.2) is 18.3 Å². The summed E-state index contributed by atoms with van der Waals surface area (Å²) in [6.45, 7) is 6.51. The average molecular weight is 277 g/mol. The van der Waals surface area contributed by atoms with Gasteiger partial charge in [0.1, 0.15) is 5.69 Å². The van der Waals surface area contributed by atoms with E-state index in [1.54, 1.807) is 12.3 Å². The number of carbonyl (C=O) groups excluding carboxylic acids is 1. The van der Waals surface area contributed by atoms with Crippen molar-refractivity contribution in [2.24, 2.45) is 5.92 Å². The van der Waals surface area contributed by atoms with Gasteiger partial charge < -0.3 is 15.4 Å². The van der Waals surface area contributed by atoms with Gasteiger partial charge in [0, 0.05) is 25.8 Å². The Bertz CT molecular complexity index is 427. The van der Waals surface area contributed by atoms with Crippen LogP contribution in [0.3, 0.4) is 0 Å². The maximum Gasteiger partial charge on any atom is 0.270 e. The number of anilines is 1. The Kier molecular flexibility index (Phi) is 5.35. The van der Waals surface area contributed by atoms with E-state index in [4.69, 9.17) is 4.74 Å². The molecule has 1 unspecified atom stereocenters. The van der Waals surface area contributed by atoms with Crippen LogP contribution in [0.2, 0.25) is 0 Å². The standard InChI is InChI=1S/C15H23N3O2/c1-3-16-13-4-5-14(17-10-13)15(19)18-11(2)12-6-8-20-9-7-12/h4-5,10-12,16H,3,6-9H2,1-2H3,(H,18,19). The number of rotatable bonds is 5. The highest BCUT2D eigenvalue weighted by Gasteiger charge is 2.22. The predicted octanol–water partition coefficient (Wildman–Crippen LogP) is 2.06. The van der Waals surface area contributed by atoms with Gasteiger partial charge in [-0.2, -0.15) is 0 Å². The third kappa shape index (κ3) is 3.93. The second kappa shape index (κ2) is 7.24. The first-order chi connectivity index (χ1) is 9.70. The Morgan fingerprint density at radius 3 is 2.80 bits per heavy atom. The lowest BCUT2D eigenvalue weighted by Crippen LogP contribution is -2.40. The fourth-order valence-electron chi connectivity index (χ4n) is 2.45. The first kappa shape index (κ1) is 14.8. The van der Waals surface area contributed by atoms with E-state index in [2.05, 4.69) is 22.5 Å². The SMILES string of the molecule is CCNc1ccc(C(=O)NC(C)C2CCOCC2)nc1. The highest BCUT2D eigenvalue weighted by atomic mass is 16.5. The Hall–Kier alpha value is -1.62. The van der Waals surface area contributed by atoms with Crippen LogP contribution >= 0.6 is 0 Å². The molecule has 0 aliphatic carbocycles. The molecule has 0 bridgehead atoms. The van der Waals surface area contributed by atoms with Crippen LogP contribution in [0.5, 0.6) is 0 Å². The largest absolute Gasteiger partial charge is 0.384 e. The molecule has 5 nitrogen and oxygen atoms in total. The molecule has 1 fully saturated rings. The summed E-state index contributed by atoms with van der Waals surface area (Å²) < 4.78 is 5.34. The first-order valence-corrected chi connectivity index (χ1v) is 7.29.